The number of rotatable bonds is 7. The van der Waals surface area contributed by atoms with Gasteiger partial charge in [-0.25, -0.2) is 4.98 Å². The fraction of sp³-hybridized carbons (Fsp3) is 0.222. The van der Waals surface area contributed by atoms with E-state index in [1.54, 1.807) is 7.11 Å². The molecule has 0 spiro atoms. The molecule has 168 valence electrons. The van der Waals surface area contributed by atoms with Crippen LogP contribution < -0.4 is 15.4 Å². The van der Waals surface area contributed by atoms with Crippen molar-refractivity contribution in [3.8, 4) is 5.75 Å². The van der Waals surface area contributed by atoms with Crippen molar-refractivity contribution < 1.29 is 14.3 Å². The van der Waals surface area contributed by atoms with Gasteiger partial charge in [0.05, 0.1) is 23.9 Å². The number of nitrogens with one attached hydrogen (secondary N) is 2. The molecule has 6 heteroatoms. The molecule has 0 saturated carbocycles. The molecular weight excluding hydrogens is 414 g/mol. The highest BCUT2D eigenvalue weighted by atomic mass is 16.5. The minimum atomic E-state index is -0.260. The molecular formula is C27H27N3O3. The van der Waals surface area contributed by atoms with Gasteiger partial charge in [-0.3, -0.25) is 9.59 Å². The van der Waals surface area contributed by atoms with Crippen LogP contribution in [0.4, 0.5) is 0 Å². The zero-order valence-corrected chi connectivity index (χ0v) is 18.7. The third kappa shape index (κ3) is 4.95. The molecule has 0 atom stereocenters. The van der Waals surface area contributed by atoms with E-state index in [0.29, 0.717) is 18.7 Å². The Morgan fingerprint density at radius 2 is 1.82 bits per heavy atom. The van der Waals surface area contributed by atoms with Gasteiger partial charge in [-0.2, -0.15) is 0 Å². The molecule has 1 aliphatic carbocycles. The van der Waals surface area contributed by atoms with Crippen LogP contribution in [0.5, 0.6) is 5.75 Å². The number of methoxy groups -OCH3 is 1. The van der Waals surface area contributed by atoms with Crippen molar-refractivity contribution in [2.24, 2.45) is 0 Å². The molecule has 1 aliphatic rings. The molecule has 0 bridgehead atoms. The van der Waals surface area contributed by atoms with Crippen molar-refractivity contribution in [3.63, 3.8) is 0 Å². The Morgan fingerprint density at radius 1 is 1.06 bits per heavy atom. The zero-order valence-electron chi connectivity index (χ0n) is 18.7. The number of hydrogen-bond acceptors (Lipinski definition) is 4. The number of para-hydroxylation sites is 1. The third-order valence-electron chi connectivity index (χ3n) is 5.75. The Balaban J connectivity index is 1.70. The molecule has 4 rings (SSSR count). The molecule has 1 aromatic heterocycles. The minimum Gasteiger partial charge on any atom is -0.497 e. The van der Waals surface area contributed by atoms with Crippen molar-refractivity contribution in [2.45, 2.75) is 19.3 Å². The Morgan fingerprint density at radius 3 is 2.58 bits per heavy atom. The summed E-state index contributed by atoms with van der Waals surface area (Å²) in [5.74, 6) is 0.404. The minimum absolute atomic E-state index is 0.150. The smallest absolute Gasteiger partial charge is 0.252 e. The standard InChI is InChI=1S/C27H27N3O3/c1-3-24(31)28-15-16-29-27(32)25-21-8-4-5-10-23(21)30-26-19(7-6-9-22(25)26)17-18-11-13-20(33-2)14-12-18/h3-5,8,10-14,17H,1,6-7,9,15-16H2,2H3,(H,28,31)(H,29,32). The Kier molecular flexibility index (Phi) is 6.83. The number of pyridine rings is 1. The van der Waals surface area contributed by atoms with Gasteiger partial charge in [0.15, 0.2) is 0 Å². The first-order valence-corrected chi connectivity index (χ1v) is 11.1. The second kappa shape index (κ2) is 10.1. The molecule has 33 heavy (non-hydrogen) atoms. The van der Waals surface area contributed by atoms with E-state index in [1.165, 1.54) is 6.08 Å². The molecule has 0 radical (unpaired) electrons. The second-order valence-electron chi connectivity index (χ2n) is 7.88. The van der Waals surface area contributed by atoms with Crippen molar-refractivity contribution in [3.05, 3.63) is 83.6 Å². The van der Waals surface area contributed by atoms with Gasteiger partial charge < -0.3 is 15.4 Å². The van der Waals surface area contributed by atoms with Gasteiger partial charge in [-0.05, 0) is 66.3 Å². The largest absolute Gasteiger partial charge is 0.497 e. The lowest BCUT2D eigenvalue weighted by Crippen LogP contribution is -2.34. The van der Waals surface area contributed by atoms with E-state index in [-0.39, 0.29) is 11.8 Å². The number of aromatic nitrogens is 1. The third-order valence-corrected chi connectivity index (χ3v) is 5.75. The van der Waals surface area contributed by atoms with E-state index in [4.69, 9.17) is 9.72 Å². The second-order valence-corrected chi connectivity index (χ2v) is 7.88. The fourth-order valence-corrected chi connectivity index (χ4v) is 4.16. The van der Waals surface area contributed by atoms with Crippen LogP contribution in [0.15, 0.2) is 61.2 Å². The number of fused-ring (bicyclic) bond motifs is 2. The average Bonchev–Trinajstić information content (AvgIpc) is 2.85. The normalized spacial score (nSPS) is 13.9. The summed E-state index contributed by atoms with van der Waals surface area (Å²) in [5, 5.41) is 6.47. The van der Waals surface area contributed by atoms with E-state index in [2.05, 4.69) is 23.3 Å². The molecule has 2 N–H and O–H groups in total. The average molecular weight is 442 g/mol. The lowest BCUT2D eigenvalue weighted by atomic mass is 9.85. The molecule has 0 fully saturated rings. The summed E-state index contributed by atoms with van der Waals surface area (Å²) in [7, 11) is 1.65. The molecule has 2 amide bonds. The highest BCUT2D eigenvalue weighted by Gasteiger charge is 2.25. The van der Waals surface area contributed by atoms with Crippen LogP contribution in [0.1, 0.15) is 40.0 Å². The first-order chi connectivity index (χ1) is 16.1. The van der Waals surface area contributed by atoms with Crippen LogP contribution >= 0.6 is 0 Å². The Hall–Kier alpha value is -3.93. The first kappa shape index (κ1) is 22.3. The lowest BCUT2D eigenvalue weighted by Gasteiger charge is -2.23. The van der Waals surface area contributed by atoms with Gasteiger partial charge in [0, 0.05) is 18.5 Å². The Bertz CT molecular complexity index is 1230. The molecule has 0 unspecified atom stereocenters. The van der Waals surface area contributed by atoms with E-state index < -0.39 is 0 Å². The Labute approximate surface area is 193 Å². The number of carbonyl (C=O) groups is 2. The maximum Gasteiger partial charge on any atom is 0.252 e. The molecule has 1 heterocycles. The predicted molar refractivity (Wildman–Crippen MR) is 131 cm³/mol. The number of benzene rings is 2. The van der Waals surface area contributed by atoms with Crippen LogP contribution in [0.2, 0.25) is 0 Å². The fourth-order valence-electron chi connectivity index (χ4n) is 4.16. The quantitative estimate of drug-likeness (QED) is 0.426. The van der Waals surface area contributed by atoms with E-state index >= 15 is 0 Å². The van der Waals surface area contributed by atoms with Gasteiger partial charge in [-0.1, -0.05) is 36.9 Å². The zero-order chi connectivity index (χ0) is 23.2. The summed E-state index contributed by atoms with van der Waals surface area (Å²) >= 11 is 0. The molecule has 3 aromatic rings. The summed E-state index contributed by atoms with van der Waals surface area (Å²) < 4.78 is 5.26. The maximum atomic E-state index is 13.3. The highest BCUT2D eigenvalue weighted by Crippen LogP contribution is 2.36. The highest BCUT2D eigenvalue weighted by molar-refractivity contribution is 6.09. The maximum absolute atomic E-state index is 13.3. The number of amides is 2. The number of nitrogens with zero attached hydrogens (tertiary/aromatic N) is 1. The van der Waals surface area contributed by atoms with Crippen LogP contribution in [0, 0.1) is 0 Å². The molecule has 2 aromatic carbocycles. The van der Waals surface area contributed by atoms with E-state index in [0.717, 1.165) is 58.3 Å². The van der Waals surface area contributed by atoms with Crippen molar-refractivity contribution >= 4 is 34.4 Å². The summed E-state index contributed by atoms with van der Waals surface area (Å²) in [5.41, 5.74) is 5.53. The van der Waals surface area contributed by atoms with Crippen LogP contribution in [0.3, 0.4) is 0 Å². The summed E-state index contributed by atoms with van der Waals surface area (Å²) in [6.45, 7) is 4.10. The summed E-state index contributed by atoms with van der Waals surface area (Å²) in [6.07, 6.45) is 6.00. The summed E-state index contributed by atoms with van der Waals surface area (Å²) in [4.78, 5) is 29.6. The van der Waals surface area contributed by atoms with Crippen molar-refractivity contribution in [1.82, 2.24) is 15.6 Å². The van der Waals surface area contributed by atoms with Crippen molar-refractivity contribution in [1.29, 1.82) is 0 Å². The number of carbonyl (C=O) groups excluding carboxylic acids is 2. The molecule has 0 saturated heterocycles. The van der Waals surface area contributed by atoms with Crippen LogP contribution in [0.25, 0.3) is 22.6 Å². The van der Waals surface area contributed by atoms with Gasteiger partial charge >= 0.3 is 0 Å². The lowest BCUT2D eigenvalue weighted by molar-refractivity contribution is -0.116. The van der Waals surface area contributed by atoms with Gasteiger partial charge in [0.1, 0.15) is 5.75 Å². The van der Waals surface area contributed by atoms with Gasteiger partial charge in [-0.15, -0.1) is 0 Å². The summed E-state index contributed by atoms with van der Waals surface area (Å²) in [6, 6.07) is 15.7. The van der Waals surface area contributed by atoms with Gasteiger partial charge in [0.25, 0.3) is 5.91 Å². The van der Waals surface area contributed by atoms with Crippen LogP contribution in [-0.2, 0) is 11.2 Å². The number of ether oxygens (including phenoxy) is 1. The first-order valence-electron chi connectivity index (χ1n) is 11.1. The predicted octanol–water partition coefficient (Wildman–Crippen LogP) is 4.15. The number of hydrogen-bond donors (Lipinski definition) is 2. The van der Waals surface area contributed by atoms with Gasteiger partial charge in [0.2, 0.25) is 5.91 Å². The monoisotopic (exact) mass is 441 g/mol. The van der Waals surface area contributed by atoms with Crippen molar-refractivity contribution in [2.75, 3.05) is 20.2 Å². The van der Waals surface area contributed by atoms with Crippen LogP contribution in [-0.4, -0.2) is 37.0 Å². The van der Waals surface area contributed by atoms with E-state index in [9.17, 15) is 9.59 Å². The topological polar surface area (TPSA) is 80.3 Å². The number of allylic oxidation sites excluding steroid dienone is 1. The SMILES string of the molecule is C=CC(=O)NCCNC(=O)c1c2c(nc3ccccc13)C(=Cc1ccc(OC)cc1)CCC2. The molecule has 6 nitrogen and oxygen atoms in total. The molecule has 0 aliphatic heterocycles. The van der Waals surface area contributed by atoms with E-state index in [1.807, 2.05) is 48.5 Å².